The monoisotopic (exact) mass is 333 g/mol. The molecule has 2 rings (SSSR count). The molecule has 1 aromatic carbocycles. The Balaban J connectivity index is 1.89. The van der Waals surface area contributed by atoms with E-state index in [-0.39, 0.29) is 17.2 Å². The zero-order chi connectivity index (χ0) is 16.8. The summed E-state index contributed by atoms with van der Waals surface area (Å²) in [5.41, 5.74) is 0.927. The van der Waals surface area contributed by atoms with E-state index in [4.69, 9.17) is 4.74 Å². The molecule has 0 aliphatic rings. The number of nitrogens with one attached hydrogen (secondary N) is 2. The van der Waals surface area contributed by atoms with E-state index in [1.807, 2.05) is 0 Å². The van der Waals surface area contributed by atoms with E-state index in [1.54, 1.807) is 31.2 Å². The number of rotatable bonds is 5. The van der Waals surface area contributed by atoms with E-state index in [1.165, 1.54) is 13.0 Å². The van der Waals surface area contributed by atoms with Gasteiger partial charge in [0.25, 0.3) is 5.56 Å². The van der Waals surface area contributed by atoms with Gasteiger partial charge in [-0.25, -0.2) is 4.98 Å². The number of thioether (sulfide) groups is 1. The quantitative estimate of drug-likeness (QED) is 0.374. The summed E-state index contributed by atoms with van der Waals surface area (Å²) in [7, 11) is 0. The fourth-order valence-electron chi connectivity index (χ4n) is 1.72. The minimum Gasteiger partial charge on any atom is -0.427 e. The predicted octanol–water partition coefficient (Wildman–Crippen LogP) is 1.73. The largest absolute Gasteiger partial charge is 0.427 e. The fourth-order valence-corrected chi connectivity index (χ4v) is 2.44. The Labute approximate surface area is 136 Å². The summed E-state index contributed by atoms with van der Waals surface area (Å²) in [6.07, 6.45) is 0. The second kappa shape index (κ2) is 7.59. The van der Waals surface area contributed by atoms with E-state index >= 15 is 0 Å². The number of ether oxygens (including phenoxy) is 1. The highest BCUT2D eigenvalue weighted by Gasteiger charge is 2.06. The number of benzene rings is 1. The van der Waals surface area contributed by atoms with E-state index in [9.17, 15) is 14.4 Å². The number of anilines is 1. The third-order valence-electron chi connectivity index (χ3n) is 2.59. The van der Waals surface area contributed by atoms with Gasteiger partial charge in [-0.1, -0.05) is 11.8 Å². The van der Waals surface area contributed by atoms with Crippen molar-refractivity contribution < 1.29 is 14.3 Å². The van der Waals surface area contributed by atoms with Crippen LogP contribution in [0, 0.1) is 6.92 Å². The molecule has 1 aromatic heterocycles. The SMILES string of the molecule is CC(=O)Oc1ccc(NC(=O)CSc2nc(C)cc(=O)[nH]2)cc1. The molecule has 1 amide bonds. The van der Waals surface area contributed by atoms with Crippen LogP contribution >= 0.6 is 11.8 Å². The molecule has 1 heterocycles. The third-order valence-corrected chi connectivity index (χ3v) is 3.46. The molecule has 0 unspecified atom stereocenters. The Bertz CT molecular complexity index is 771. The second-order valence-electron chi connectivity index (χ2n) is 4.65. The van der Waals surface area contributed by atoms with Crippen molar-refractivity contribution in [2.75, 3.05) is 11.1 Å². The average Bonchev–Trinajstić information content (AvgIpc) is 2.46. The summed E-state index contributed by atoms with van der Waals surface area (Å²) >= 11 is 1.14. The first kappa shape index (κ1) is 16.8. The van der Waals surface area contributed by atoms with Crippen LogP contribution in [0.4, 0.5) is 5.69 Å². The molecular formula is C15H15N3O4S. The zero-order valence-electron chi connectivity index (χ0n) is 12.6. The first-order valence-electron chi connectivity index (χ1n) is 6.71. The van der Waals surface area contributed by atoms with Gasteiger partial charge < -0.3 is 15.0 Å². The molecule has 0 saturated heterocycles. The van der Waals surface area contributed by atoms with Gasteiger partial charge in [0.15, 0.2) is 5.16 Å². The summed E-state index contributed by atoms with van der Waals surface area (Å²) in [6.45, 7) is 3.03. The van der Waals surface area contributed by atoms with Gasteiger partial charge in [0.1, 0.15) is 5.75 Å². The van der Waals surface area contributed by atoms with Gasteiger partial charge >= 0.3 is 5.97 Å². The number of hydrogen-bond acceptors (Lipinski definition) is 6. The normalized spacial score (nSPS) is 10.2. The molecule has 0 radical (unpaired) electrons. The van der Waals surface area contributed by atoms with Crippen molar-refractivity contribution in [3.05, 3.63) is 46.4 Å². The highest BCUT2D eigenvalue weighted by atomic mass is 32.2. The van der Waals surface area contributed by atoms with Crippen LogP contribution in [-0.2, 0) is 9.59 Å². The third kappa shape index (κ3) is 5.59. The molecular weight excluding hydrogens is 318 g/mol. The summed E-state index contributed by atoms with van der Waals surface area (Å²) in [5.74, 6) is -0.124. The van der Waals surface area contributed by atoms with E-state index in [0.29, 0.717) is 22.3 Å². The maximum absolute atomic E-state index is 11.9. The molecule has 2 N–H and O–H groups in total. The molecule has 7 nitrogen and oxygen atoms in total. The highest BCUT2D eigenvalue weighted by molar-refractivity contribution is 7.99. The van der Waals surface area contributed by atoms with Crippen LogP contribution in [0.1, 0.15) is 12.6 Å². The Kier molecular flexibility index (Phi) is 5.53. The van der Waals surface area contributed by atoms with Crippen LogP contribution in [0.25, 0.3) is 0 Å². The lowest BCUT2D eigenvalue weighted by molar-refractivity contribution is -0.131. The Hall–Kier alpha value is -2.61. The topological polar surface area (TPSA) is 101 Å². The minimum atomic E-state index is -0.405. The minimum absolute atomic E-state index is 0.109. The summed E-state index contributed by atoms with van der Waals surface area (Å²) in [6, 6.07) is 7.82. The molecule has 0 saturated carbocycles. The molecule has 8 heteroatoms. The number of amides is 1. The first-order valence-corrected chi connectivity index (χ1v) is 7.70. The van der Waals surface area contributed by atoms with Crippen molar-refractivity contribution in [3.63, 3.8) is 0 Å². The molecule has 0 spiro atoms. The molecule has 0 aliphatic carbocycles. The van der Waals surface area contributed by atoms with Gasteiger partial charge in [-0.05, 0) is 31.2 Å². The molecule has 0 aliphatic heterocycles. The number of carbonyl (C=O) groups excluding carboxylic acids is 2. The molecule has 2 aromatic rings. The lowest BCUT2D eigenvalue weighted by Gasteiger charge is -2.06. The number of carbonyl (C=O) groups is 2. The summed E-state index contributed by atoms with van der Waals surface area (Å²) in [5, 5.41) is 3.10. The number of H-pyrrole nitrogens is 1. The van der Waals surface area contributed by atoms with Crippen LogP contribution in [0.15, 0.2) is 40.3 Å². The van der Waals surface area contributed by atoms with Gasteiger partial charge in [0, 0.05) is 24.4 Å². The number of aromatic nitrogens is 2. The van der Waals surface area contributed by atoms with E-state index < -0.39 is 5.97 Å². The van der Waals surface area contributed by atoms with Crippen LogP contribution in [0.2, 0.25) is 0 Å². The zero-order valence-corrected chi connectivity index (χ0v) is 13.4. The lowest BCUT2D eigenvalue weighted by atomic mass is 10.3. The van der Waals surface area contributed by atoms with Crippen molar-refractivity contribution in [2.24, 2.45) is 0 Å². The average molecular weight is 333 g/mol. The number of aryl methyl sites for hydroxylation is 1. The number of esters is 1. The highest BCUT2D eigenvalue weighted by Crippen LogP contribution is 2.17. The first-order chi connectivity index (χ1) is 10.9. The standard InChI is InChI=1S/C15H15N3O4S/c1-9-7-13(20)18-15(16-9)23-8-14(21)17-11-3-5-12(6-4-11)22-10(2)19/h3-7H,8H2,1-2H3,(H,17,21)(H,16,18,20). The maximum Gasteiger partial charge on any atom is 0.308 e. The van der Waals surface area contributed by atoms with Crippen molar-refractivity contribution in [1.29, 1.82) is 0 Å². The van der Waals surface area contributed by atoms with Crippen molar-refractivity contribution in [2.45, 2.75) is 19.0 Å². The van der Waals surface area contributed by atoms with Crippen LogP contribution in [-0.4, -0.2) is 27.6 Å². The second-order valence-corrected chi connectivity index (χ2v) is 5.61. The van der Waals surface area contributed by atoms with Crippen molar-refractivity contribution in [3.8, 4) is 5.75 Å². The Morgan fingerprint density at radius 1 is 1.30 bits per heavy atom. The van der Waals surface area contributed by atoms with Crippen molar-refractivity contribution in [1.82, 2.24) is 9.97 Å². The molecule has 0 fully saturated rings. The summed E-state index contributed by atoms with van der Waals surface area (Å²) < 4.78 is 4.90. The van der Waals surface area contributed by atoms with Crippen LogP contribution < -0.4 is 15.6 Å². The van der Waals surface area contributed by atoms with Gasteiger partial charge in [-0.3, -0.25) is 14.4 Å². The Morgan fingerprint density at radius 3 is 2.61 bits per heavy atom. The van der Waals surface area contributed by atoms with Gasteiger partial charge in [-0.15, -0.1) is 0 Å². The van der Waals surface area contributed by atoms with Crippen LogP contribution in [0.5, 0.6) is 5.75 Å². The molecule has 120 valence electrons. The fraction of sp³-hybridized carbons (Fsp3) is 0.200. The van der Waals surface area contributed by atoms with Crippen LogP contribution in [0.3, 0.4) is 0 Å². The lowest BCUT2D eigenvalue weighted by Crippen LogP contribution is -2.15. The predicted molar refractivity (Wildman–Crippen MR) is 86.7 cm³/mol. The Morgan fingerprint density at radius 2 is 2.00 bits per heavy atom. The number of hydrogen-bond donors (Lipinski definition) is 2. The number of aromatic amines is 1. The van der Waals surface area contributed by atoms with Gasteiger partial charge in [0.05, 0.1) is 5.75 Å². The van der Waals surface area contributed by atoms with E-state index in [2.05, 4.69) is 15.3 Å². The number of nitrogens with zero attached hydrogens (tertiary/aromatic N) is 1. The maximum atomic E-state index is 11.9. The molecule has 0 atom stereocenters. The van der Waals surface area contributed by atoms with E-state index in [0.717, 1.165) is 11.8 Å². The smallest absolute Gasteiger partial charge is 0.308 e. The molecule has 0 bridgehead atoms. The molecule has 23 heavy (non-hydrogen) atoms. The van der Waals surface area contributed by atoms with Gasteiger partial charge in [0.2, 0.25) is 5.91 Å². The van der Waals surface area contributed by atoms with Crippen molar-refractivity contribution >= 4 is 29.3 Å². The van der Waals surface area contributed by atoms with Gasteiger partial charge in [-0.2, -0.15) is 0 Å². The summed E-state index contributed by atoms with van der Waals surface area (Å²) in [4.78, 5) is 40.7.